The number of nitrogens with zero attached hydrogens (tertiary/aromatic N) is 2. The van der Waals surface area contributed by atoms with E-state index < -0.39 is 0 Å². The topological polar surface area (TPSA) is 27.6 Å². The molecule has 4 rings (SSSR count). The van der Waals surface area contributed by atoms with Crippen LogP contribution in [0.15, 0.2) is 29.3 Å². The molecule has 1 aliphatic carbocycles. The Morgan fingerprint density at radius 3 is 2.77 bits per heavy atom. The van der Waals surface area contributed by atoms with Crippen molar-refractivity contribution < 1.29 is 0 Å². The molecule has 3 aliphatic rings. The van der Waals surface area contributed by atoms with Gasteiger partial charge in [0.2, 0.25) is 0 Å². The SMILES string of the molecule is c1ccc2c(c1)NC(SCCCCN1CCCC1)=NC21CC1. The van der Waals surface area contributed by atoms with E-state index in [1.807, 2.05) is 11.8 Å². The second-order valence-corrected chi connectivity index (χ2v) is 7.81. The van der Waals surface area contributed by atoms with E-state index in [1.165, 1.54) is 75.2 Å². The van der Waals surface area contributed by atoms with Crippen LogP contribution >= 0.6 is 11.8 Å². The molecular formula is C18H25N3S. The van der Waals surface area contributed by atoms with Crippen LogP contribution < -0.4 is 5.32 Å². The van der Waals surface area contributed by atoms with Crippen molar-refractivity contribution in [2.75, 3.05) is 30.7 Å². The number of fused-ring (bicyclic) bond motifs is 2. The quantitative estimate of drug-likeness (QED) is 0.830. The fraction of sp³-hybridized carbons (Fsp3) is 0.611. The molecule has 2 heterocycles. The first-order chi connectivity index (χ1) is 10.9. The molecule has 0 radical (unpaired) electrons. The highest BCUT2D eigenvalue weighted by Crippen LogP contribution is 2.54. The number of likely N-dealkylation sites (tertiary alicyclic amines) is 1. The molecule has 1 spiro atoms. The van der Waals surface area contributed by atoms with Crippen molar-refractivity contribution >= 4 is 22.6 Å². The largest absolute Gasteiger partial charge is 0.335 e. The number of hydrogen-bond acceptors (Lipinski definition) is 4. The third kappa shape index (κ3) is 3.04. The Balaban J connectivity index is 1.26. The maximum atomic E-state index is 5.00. The molecule has 118 valence electrons. The zero-order valence-electron chi connectivity index (χ0n) is 13.2. The van der Waals surface area contributed by atoms with Crippen LogP contribution in [0.25, 0.3) is 0 Å². The van der Waals surface area contributed by atoms with E-state index in [1.54, 1.807) is 0 Å². The molecule has 2 fully saturated rings. The Kier molecular flexibility index (Phi) is 4.14. The summed E-state index contributed by atoms with van der Waals surface area (Å²) in [5.74, 6) is 1.18. The summed E-state index contributed by atoms with van der Waals surface area (Å²) < 4.78 is 0. The lowest BCUT2D eigenvalue weighted by Gasteiger charge is -2.24. The van der Waals surface area contributed by atoms with Gasteiger partial charge in [0, 0.05) is 17.0 Å². The zero-order chi connectivity index (χ0) is 14.8. The summed E-state index contributed by atoms with van der Waals surface area (Å²) >= 11 is 1.91. The number of unbranched alkanes of at least 4 members (excludes halogenated alkanes) is 1. The van der Waals surface area contributed by atoms with E-state index in [4.69, 9.17) is 4.99 Å². The summed E-state index contributed by atoms with van der Waals surface area (Å²) in [4.78, 5) is 7.61. The van der Waals surface area contributed by atoms with Gasteiger partial charge in [0.15, 0.2) is 5.17 Å². The van der Waals surface area contributed by atoms with Crippen molar-refractivity contribution in [1.29, 1.82) is 0 Å². The summed E-state index contributed by atoms with van der Waals surface area (Å²) in [7, 11) is 0. The van der Waals surface area contributed by atoms with Crippen LogP contribution in [-0.4, -0.2) is 35.5 Å². The number of anilines is 1. The Morgan fingerprint density at radius 2 is 1.95 bits per heavy atom. The van der Waals surface area contributed by atoms with Crippen molar-refractivity contribution in [3.63, 3.8) is 0 Å². The Morgan fingerprint density at radius 1 is 1.14 bits per heavy atom. The zero-order valence-corrected chi connectivity index (χ0v) is 14.0. The number of aliphatic imine (C=N–C) groups is 1. The molecule has 1 saturated carbocycles. The summed E-state index contributed by atoms with van der Waals surface area (Å²) in [5.41, 5.74) is 2.79. The molecule has 0 bridgehead atoms. The van der Waals surface area contributed by atoms with Gasteiger partial charge in [0.1, 0.15) is 0 Å². The molecule has 1 saturated heterocycles. The highest BCUT2D eigenvalue weighted by Gasteiger charge is 2.47. The molecule has 2 aliphatic heterocycles. The third-order valence-corrected chi connectivity index (χ3v) is 5.97. The molecule has 1 aromatic rings. The second kappa shape index (κ2) is 6.25. The average molecular weight is 315 g/mol. The predicted octanol–water partition coefficient (Wildman–Crippen LogP) is 4.07. The lowest BCUT2D eigenvalue weighted by molar-refractivity contribution is 0.333. The maximum Gasteiger partial charge on any atom is 0.161 e. The smallest absolute Gasteiger partial charge is 0.161 e. The lowest BCUT2D eigenvalue weighted by atomic mass is 10.0. The van der Waals surface area contributed by atoms with Crippen LogP contribution in [0.2, 0.25) is 0 Å². The number of para-hydroxylation sites is 1. The number of amidine groups is 1. The van der Waals surface area contributed by atoms with Gasteiger partial charge in [-0.2, -0.15) is 0 Å². The van der Waals surface area contributed by atoms with E-state index >= 15 is 0 Å². The molecule has 0 atom stereocenters. The second-order valence-electron chi connectivity index (χ2n) is 6.72. The first kappa shape index (κ1) is 14.6. The van der Waals surface area contributed by atoms with E-state index in [9.17, 15) is 0 Å². The normalized spacial score (nSPS) is 22.3. The van der Waals surface area contributed by atoms with Crippen LogP contribution in [0.5, 0.6) is 0 Å². The van der Waals surface area contributed by atoms with Gasteiger partial charge in [-0.3, -0.25) is 4.99 Å². The summed E-state index contributed by atoms with van der Waals surface area (Å²) in [5, 5.41) is 4.66. The van der Waals surface area contributed by atoms with E-state index in [-0.39, 0.29) is 5.54 Å². The molecule has 3 nitrogen and oxygen atoms in total. The van der Waals surface area contributed by atoms with E-state index in [2.05, 4.69) is 34.5 Å². The van der Waals surface area contributed by atoms with E-state index in [0.29, 0.717) is 0 Å². The maximum absolute atomic E-state index is 5.00. The minimum absolute atomic E-state index is 0.125. The molecule has 22 heavy (non-hydrogen) atoms. The lowest BCUT2D eigenvalue weighted by Crippen LogP contribution is -2.22. The number of thioether (sulfide) groups is 1. The van der Waals surface area contributed by atoms with Gasteiger partial charge in [0.25, 0.3) is 0 Å². The van der Waals surface area contributed by atoms with Crippen molar-refractivity contribution in [1.82, 2.24) is 4.90 Å². The average Bonchev–Trinajstić information content (AvgIpc) is 3.10. The molecule has 0 amide bonds. The van der Waals surface area contributed by atoms with Gasteiger partial charge in [0.05, 0.1) is 5.54 Å². The van der Waals surface area contributed by atoms with Crippen molar-refractivity contribution in [3.8, 4) is 0 Å². The Hall–Kier alpha value is -1.00. The van der Waals surface area contributed by atoms with Gasteiger partial charge >= 0.3 is 0 Å². The van der Waals surface area contributed by atoms with Crippen LogP contribution in [0.1, 0.15) is 44.1 Å². The van der Waals surface area contributed by atoms with Crippen LogP contribution in [0, 0.1) is 0 Å². The number of benzene rings is 1. The Bertz CT molecular complexity index is 559. The van der Waals surface area contributed by atoms with E-state index in [0.717, 1.165) is 5.17 Å². The van der Waals surface area contributed by atoms with Gasteiger partial charge < -0.3 is 10.2 Å². The van der Waals surface area contributed by atoms with Gasteiger partial charge in [-0.1, -0.05) is 30.0 Å². The fourth-order valence-electron chi connectivity index (χ4n) is 3.58. The highest BCUT2D eigenvalue weighted by molar-refractivity contribution is 8.14. The van der Waals surface area contributed by atoms with Crippen molar-refractivity contribution in [2.45, 2.75) is 44.1 Å². The monoisotopic (exact) mass is 315 g/mol. The van der Waals surface area contributed by atoms with Crippen LogP contribution in [0.4, 0.5) is 5.69 Å². The van der Waals surface area contributed by atoms with Crippen LogP contribution in [0.3, 0.4) is 0 Å². The Labute approximate surface area is 137 Å². The van der Waals surface area contributed by atoms with Gasteiger partial charge in [-0.25, -0.2) is 0 Å². The molecule has 0 aromatic heterocycles. The molecule has 1 N–H and O–H groups in total. The first-order valence-corrected chi connectivity index (χ1v) is 9.66. The van der Waals surface area contributed by atoms with Gasteiger partial charge in [-0.05, 0) is 64.2 Å². The molecule has 1 aromatic carbocycles. The molecular weight excluding hydrogens is 290 g/mol. The first-order valence-electron chi connectivity index (χ1n) is 8.67. The minimum Gasteiger partial charge on any atom is -0.335 e. The number of nitrogens with one attached hydrogen (secondary N) is 1. The highest BCUT2D eigenvalue weighted by atomic mass is 32.2. The summed E-state index contributed by atoms with van der Waals surface area (Å²) in [6.45, 7) is 3.93. The standard InChI is InChI=1S/C18H25N3S/c1-2-8-16-15(7-1)18(9-10-18)20-17(19-16)22-14-6-5-13-21-11-3-4-12-21/h1-2,7-8H,3-6,9-14H2,(H,19,20). The van der Waals surface area contributed by atoms with Crippen LogP contribution in [-0.2, 0) is 5.54 Å². The molecule has 0 unspecified atom stereocenters. The van der Waals surface area contributed by atoms with Crippen molar-refractivity contribution in [3.05, 3.63) is 29.8 Å². The third-order valence-electron chi connectivity index (χ3n) is 5.02. The summed E-state index contributed by atoms with van der Waals surface area (Å²) in [6.07, 6.45) is 7.84. The number of rotatable bonds is 5. The van der Waals surface area contributed by atoms with Crippen molar-refractivity contribution in [2.24, 2.45) is 4.99 Å². The summed E-state index contributed by atoms with van der Waals surface area (Å²) in [6, 6.07) is 8.67. The molecule has 4 heteroatoms. The van der Waals surface area contributed by atoms with Gasteiger partial charge in [-0.15, -0.1) is 0 Å². The fourth-order valence-corrected chi connectivity index (χ4v) is 4.54. The minimum atomic E-state index is 0.125. The predicted molar refractivity (Wildman–Crippen MR) is 95.8 cm³/mol. The number of hydrogen-bond donors (Lipinski definition) is 1.